The van der Waals surface area contributed by atoms with Gasteiger partial charge in [-0.3, -0.25) is 14.7 Å². The molecule has 0 radical (unpaired) electrons. The Morgan fingerprint density at radius 2 is 2.08 bits per heavy atom. The van der Waals surface area contributed by atoms with Crippen LogP contribution >= 0.6 is 35.3 Å². The third-order valence-electron chi connectivity index (χ3n) is 3.32. The number of carbonyl (C=O) groups excluding carboxylic acids is 1. The number of rotatable bonds is 5. The molecule has 0 unspecified atom stereocenters. The van der Waals surface area contributed by atoms with Crippen LogP contribution in [0.2, 0.25) is 5.02 Å². The number of nitrogens with zero attached hydrogens (tertiary/aromatic N) is 4. The largest absolute Gasteiger partial charge is 0.283 e. The molecule has 8 heteroatoms. The Hall–Kier alpha value is -2.02. The SMILES string of the molecule is CCCN(C(=O)c1cccc(Cl)c1)c1nnc(-c2cccnc2)s1.Cl. The minimum absolute atomic E-state index is 0. The maximum Gasteiger partial charge on any atom is 0.260 e. The lowest BCUT2D eigenvalue weighted by atomic mass is 10.2. The predicted molar refractivity (Wildman–Crippen MR) is 104 cm³/mol. The third kappa shape index (κ3) is 4.54. The molecule has 0 aliphatic heterocycles. The lowest BCUT2D eigenvalue weighted by Gasteiger charge is -2.18. The molecular weight excluding hydrogens is 379 g/mol. The number of amides is 1. The molecule has 2 aromatic heterocycles. The van der Waals surface area contributed by atoms with Crippen LogP contribution in [-0.4, -0.2) is 27.6 Å². The van der Waals surface area contributed by atoms with Gasteiger partial charge in [0.2, 0.25) is 5.13 Å². The molecule has 0 fully saturated rings. The predicted octanol–water partition coefficient (Wildman–Crippen LogP) is 4.73. The minimum atomic E-state index is -0.131. The van der Waals surface area contributed by atoms with Gasteiger partial charge < -0.3 is 0 Å². The van der Waals surface area contributed by atoms with Crippen molar-refractivity contribution in [1.82, 2.24) is 15.2 Å². The van der Waals surface area contributed by atoms with Crippen LogP contribution in [0.4, 0.5) is 5.13 Å². The van der Waals surface area contributed by atoms with Gasteiger partial charge in [-0.25, -0.2) is 0 Å². The average molecular weight is 395 g/mol. The quantitative estimate of drug-likeness (QED) is 0.627. The van der Waals surface area contributed by atoms with E-state index in [4.69, 9.17) is 11.6 Å². The van der Waals surface area contributed by atoms with Gasteiger partial charge in [-0.05, 0) is 36.8 Å². The summed E-state index contributed by atoms with van der Waals surface area (Å²) < 4.78 is 0. The van der Waals surface area contributed by atoms with Crippen molar-refractivity contribution in [2.24, 2.45) is 0 Å². The highest BCUT2D eigenvalue weighted by Crippen LogP contribution is 2.29. The first-order chi connectivity index (χ1) is 11.7. The number of hydrogen-bond donors (Lipinski definition) is 0. The monoisotopic (exact) mass is 394 g/mol. The Labute approximate surface area is 161 Å². The molecular formula is C17H16Cl2N4OS. The van der Waals surface area contributed by atoms with Crippen LogP contribution in [0.5, 0.6) is 0 Å². The summed E-state index contributed by atoms with van der Waals surface area (Å²) in [4.78, 5) is 18.6. The van der Waals surface area contributed by atoms with E-state index in [1.807, 2.05) is 19.1 Å². The van der Waals surface area contributed by atoms with Crippen molar-refractivity contribution in [3.05, 3.63) is 59.4 Å². The summed E-state index contributed by atoms with van der Waals surface area (Å²) in [5, 5.41) is 10.2. The Bertz CT molecular complexity index is 841. The highest BCUT2D eigenvalue weighted by molar-refractivity contribution is 7.18. The molecule has 1 aromatic carbocycles. The van der Waals surface area contributed by atoms with Crippen LogP contribution in [0.1, 0.15) is 23.7 Å². The zero-order valence-corrected chi connectivity index (χ0v) is 15.8. The van der Waals surface area contributed by atoms with E-state index >= 15 is 0 Å². The van der Waals surface area contributed by atoms with Crippen LogP contribution in [0.25, 0.3) is 10.6 Å². The Balaban J connectivity index is 0.00000225. The second-order valence-electron chi connectivity index (χ2n) is 5.10. The van der Waals surface area contributed by atoms with Gasteiger partial charge >= 0.3 is 0 Å². The zero-order valence-electron chi connectivity index (χ0n) is 13.4. The van der Waals surface area contributed by atoms with Crippen molar-refractivity contribution in [1.29, 1.82) is 0 Å². The van der Waals surface area contributed by atoms with Crippen molar-refractivity contribution >= 4 is 46.4 Å². The van der Waals surface area contributed by atoms with E-state index < -0.39 is 0 Å². The Morgan fingerprint density at radius 3 is 2.76 bits per heavy atom. The maximum atomic E-state index is 12.8. The van der Waals surface area contributed by atoms with Crippen LogP contribution in [0.3, 0.4) is 0 Å². The van der Waals surface area contributed by atoms with Crippen molar-refractivity contribution in [2.75, 3.05) is 11.4 Å². The summed E-state index contributed by atoms with van der Waals surface area (Å²) in [5.74, 6) is -0.131. The van der Waals surface area contributed by atoms with Gasteiger partial charge in [0.15, 0.2) is 5.01 Å². The van der Waals surface area contributed by atoms with Gasteiger partial charge in [0.25, 0.3) is 5.91 Å². The van der Waals surface area contributed by atoms with E-state index in [2.05, 4.69) is 15.2 Å². The van der Waals surface area contributed by atoms with E-state index in [1.165, 1.54) is 11.3 Å². The van der Waals surface area contributed by atoms with Crippen LogP contribution in [-0.2, 0) is 0 Å². The van der Waals surface area contributed by atoms with E-state index in [1.54, 1.807) is 41.6 Å². The normalized spacial score (nSPS) is 10.2. The molecule has 130 valence electrons. The molecule has 25 heavy (non-hydrogen) atoms. The molecule has 0 saturated carbocycles. The molecule has 5 nitrogen and oxygen atoms in total. The molecule has 0 N–H and O–H groups in total. The van der Waals surface area contributed by atoms with Gasteiger partial charge in [-0.1, -0.05) is 35.9 Å². The number of hydrogen-bond acceptors (Lipinski definition) is 5. The summed E-state index contributed by atoms with van der Waals surface area (Å²) in [7, 11) is 0. The van der Waals surface area contributed by atoms with Gasteiger partial charge in [0.05, 0.1) is 0 Å². The first kappa shape index (κ1) is 19.3. The molecule has 2 heterocycles. The van der Waals surface area contributed by atoms with Gasteiger partial charge in [0.1, 0.15) is 0 Å². The number of pyridine rings is 1. The molecule has 0 atom stereocenters. The summed E-state index contributed by atoms with van der Waals surface area (Å²) in [5.41, 5.74) is 1.42. The molecule has 0 aliphatic carbocycles. The molecule has 0 spiro atoms. The molecule has 0 aliphatic rings. The maximum absolute atomic E-state index is 12.8. The van der Waals surface area contributed by atoms with E-state index in [0.29, 0.717) is 22.3 Å². The van der Waals surface area contributed by atoms with Crippen molar-refractivity contribution in [3.8, 4) is 10.6 Å². The van der Waals surface area contributed by atoms with Crippen molar-refractivity contribution in [3.63, 3.8) is 0 Å². The molecule has 3 rings (SSSR count). The first-order valence-corrected chi connectivity index (χ1v) is 8.70. The van der Waals surface area contributed by atoms with Gasteiger partial charge in [-0.2, -0.15) is 0 Å². The summed E-state index contributed by atoms with van der Waals surface area (Å²) in [6, 6.07) is 10.7. The average Bonchev–Trinajstić information content (AvgIpc) is 3.09. The van der Waals surface area contributed by atoms with E-state index in [-0.39, 0.29) is 18.3 Å². The minimum Gasteiger partial charge on any atom is -0.283 e. The molecule has 0 saturated heterocycles. The Kier molecular flexibility index (Phi) is 6.87. The number of halogens is 2. The molecule has 0 bridgehead atoms. The summed E-state index contributed by atoms with van der Waals surface area (Å²) in [6.45, 7) is 2.58. The van der Waals surface area contributed by atoms with Crippen molar-refractivity contribution in [2.45, 2.75) is 13.3 Å². The first-order valence-electron chi connectivity index (χ1n) is 7.50. The highest BCUT2D eigenvalue weighted by atomic mass is 35.5. The number of carbonyl (C=O) groups is 1. The van der Waals surface area contributed by atoms with Crippen LogP contribution in [0.15, 0.2) is 48.8 Å². The lowest BCUT2D eigenvalue weighted by molar-refractivity contribution is 0.0986. The number of anilines is 1. The van der Waals surface area contributed by atoms with Gasteiger partial charge in [0, 0.05) is 35.1 Å². The van der Waals surface area contributed by atoms with Crippen molar-refractivity contribution < 1.29 is 4.79 Å². The summed E-state index contributed by atoms with van der Waals surface area (Å²) >= 11 is 7.37. The number of benzene rings is 1. The van der Waals surface area contributed by atoms with Gasteiger partial charge in [-0.15, -0.1) is 22.6 Å². The second-order valence-corrected chi connectivity index (χ2v) is 6.49. The van der Waals surface area contributed by atoms with Crippen LogP contribution < -0.4 is 4.90 Å². The van der Waals surface area contributed by atoms with E-state index in [0.717, 1.165) is 17.0 Å². The third-order valence-corrected chi connectivity index (χ3v) is 4.55. The fourth-order valence-electron chi connectivity index (χ4n) is 2.22. The fraction of sp³-hybridized carbons (Fsp3) is 0.176. The second kappa shape index (κ2) is 8.89. The lowest BCUT2D eigenvalue weighted by Crippen LogP contribution is -2.31. The number of aromatic nitrogens is 3. The highest BCUT2D eigenvalue weighted by Gasteiger charge is 2.21. The van der Waals surface area contributed by atoms with E-state index in [9.17, 15) is 4.79 Å². The topological polar surface area (TPSA) is 59.0 Å². The smallest absolute Gasteiger partial charge is 0.260 e. The zero-order chi connectivity index (χ0) is 16.9. The molecule has 3 aromatic rings. The Morgan fingerprint density at radius 1 is 1.24 bits per heavy atom. The van der Waals surface area contributed by atoms with Crippen LogP contribution in [0, 0.1) is 0 Å². The molecule has 1 amide bonds. The summed E-state index contributed by atoms with van der Waals surface area (Å²) in [6.07, 6.45) is 4.25. The fourth-order valence-corrected chi connectivity index (χ4v) is 3.27. The standard InChI is InChI=1S/C17H15ClN4OS.ClH/c1-2-9-22(16(23)12-5-3-7-14(18)10-12)17-21-20-15(24-17)13-6-4-8-19-11-13;/h3-8,10-11H,2,9H2,1H3;1H.